The first kappa shape index (κ1) is 17.0. The van der Waals surface area contributed by atoms with Crippen molar-refractivity contribution in [2.75, 3.05) is 12.4 Å². The van der Waals surface area contributed by atoms with E-state index in [1.54, 1.807) is 13.0 Å². The molecule has 0 atom stereocenters. The maximum atomic E-state index is 13.9. The van der Waals surface area contributed by atoms with E-state index in [1.807, 2.05) is 6.07 Å². The van der Waals surface area contributed by atoms with E-state index in [4.69, 9.17) is 4.74 Å². The highest BCUT2D eigenvalue weighted by Crippen LogP contribution is 2.23. The molecule has 1 rings (SSSR count). The van der Waals surface area contributed by atoms with Crippen molar-refractivity contribution in [3.8, 4) is 0 Å². The van der Waals surface area contributed by atoms with Crippen molar-refractivity contribution < 1.29 is 13.9 Å². The molecule has 20 heavy (non-hydrogen) atoms. The Hall–Kier alpha value is -1.07. The molecule has 0 aliphatic carbocycles. The zero-order valence-corrected chi connectivity index (χ0v) is 13.3. The molecular formula is C15H22FNO2S. The Kier molecular flexibility index (Phi) is 6.49. The van der Waals surface area contributed by atoms with Gasteiger partial charge >= 0.3 is 5.97 Å². The van der Waals surface area contributed by atoms with Crippen LogP contribution >= 0.6 is 11.8 Å². The zero-order chi connectivity index (χ0) is 15.2. The number of thioether (sulfide) groups is 1. The fourth-order valence-electron chi connectivity index (χ4n) is 1.48. The van der Waals surface area contributed by atoms with Crippen LogP contribution in [0.15, 0.2) is 23.1 Å². The van der Waals surface area contributed by atoms with Crippen LogP contribution in [0.4, 0.5) is 4.39 Å². The highest BCUT2D eigenvalue weighted by atomic mass is 32.2. The normalized spacial score (nSPS) is 11.4. The van der Waals surface area contributed by atoms with Crippen LogP contribution in [0.1, 0.15) is 33.3 Å². The van der Waals surface area contributed by atoms with E-state index in [0.29, 0.717) is 18.0 Å². The Morgan fingerprint density at radius 2 is 2.10 bits per heavy atom. The van der Waals surface area contributed by atoms with E-state index < -0.39 is 0 Å². The van der Waals surface area contributed by atoms with E-state index in [1.165, 1.54) is 6.07 Å². The molecule has 0 saturated carbocycles. The molecule has 1 aromatic rings. The molecule has 0 amide bonds. The number of carbonyl (C=O) groups excluding carboxylic acids is 1. The van der Waals surface area contributed by atoms with Crippen LogP contribution in [-0.4, -0.2) is 23.9 Å². The number of nitrogens with one attached hydrogen (secondary N) is 1. The average molecular weight is 299 g/mol. The predicted molar refractivity (Wildman–Crippen MR) is 80.3 cm³/mol. The standard InChI is InChI=1S/C15H22FNO2S/c1-5-19-14(18)10-20-13-7-6-11(8-12(13)16)9-17-15(2,3)4/h6-8,17H,5,9-10H2,1-4H3. The van der Waals surface area contributed by atoms with Gasteiger partial charge in [-0.3, -0.25) is 4.79 Å². The number of benzene rings is 1. The van der Waals surface area contributed by atoms with Gasteiger partial charge in [-0.05, 0) is 45.4 Å². The van der Waals surface area contributed by atoms with E-state index in [-0.39, 0.29) is 23.1 Å². The summed E-state index contributed by atoms with van der Waals surface area (Å²) in [5.74, 6) is -0.493. The molecule has 0 aromatic heterocycles. The Labute approximate surface area is 124 Å². The van der Waals surface area contributed by atoms with E-state index in [0.717, 1.165) is 17.3 Å². The van der Waals surface area contributed by atoms with Crippen molar-refractivity contribution in [3.63, 3.8) is 0 Å². The number of rotatable bonds is 6. The average Bonchev–Trinajstić information content (AvgIpc) is 2.34. The van der Waals surface area contributed by atoms with Gasteiger partial charge < -0.3 is 10.1 Å². The van der Waals surface area contributed by atoms with Gasteiger partial charge in [0.15, 0.2) is 0 Å². The lowest BCUT2D eigenvalue weighted by Crippen LogP contribution is -2.35. The van der Waals surface area contributed by atoms with Crippen LogP contribution in [0.2, 0.25) is 0 Å². The monoisotopic (exact) mass is 299 g/mol. The maximum absolute atomic E-state index is 13.9. The third-order valence-electron chi connectivity index (χ3n) is 2.47. The topological polar surface area (TPSA) is 38.3 Å². The largest absolute Gasteiger partial charge is 0.465 e. The summed E-state index contributed by atoms with van der Waals surface area (Å²) in [6.45, 7) is 8.90. The molecule has 0 aliphatic rings. The molecule has 112 valence electrons. The lowest BCUT2D eigenvalue weighted by molar-refractivity contribution is -0.139. The van der Waals surface area contributed by atoms with Crippen LogP contribution in [-0.2, 0) is 16.1 Å². The van der Waals surface area contributed by atoms with E-state index >= 15 is 0 Å². The first-order chi connectivity index (χ1) is 9.31. The molecule has 0 unspecified atom stereocenters. The number of carbonyl (C=O) groups is 1. The second kappa shape index (κ2) is 7.64. The summed E-state index contributed by atoms with van der Waals surface area (Å²) < 4.78 is 18.7. The molecule has 1 aromatic carbocycles. The van der Waals surface area contributed by atoms with Crippen molar-refractivity contribution in [1.82, 2.24) is 5.32 Å². The summed E-state index contributed by atoms with van der Waals surface area (Å²) in [7, 11) is 0. The second-order valence-electron chi connectivity index (χ2n) is 5.46. The first-order valence-electron chi connectivity index (χ1n) is 6.63. The van der Waals surface area contributed by atoms with Gasteiger partial charge in [0.25, 0.3) is 0 Å². The number of hydrogen-bond acceptors (Lipinski definition) is 4. The number of halogens is 1. The van der Waals surface area contributed by atoms with Crippen molar-refractivity contribution in [1.29, 1.82) is 0 Å². The lowest BCUT2D eigenvalue weighted by Gasteiger charge is -2.20. The number of esters is 1. The molecule has 0 fully saturated rings. The number of ether oxygens (including phenoxy) is 1. The van der Waals surface area contributed by atoms with Crippen LogP contribution in [0.5, 0.6) is 0 Å². The molecular weight excluding hydrogens is 277 g/mol. The Balaban J connectivity index is 2.57. The van der Waals surface area contributed by atoms with Gasteiger partial charge in [0, 0.05) is 17.0 Å². The molecule has 0 spiro atoms. The predicted octanol–water partition coefficient (Wildman–Crippen LogP) is 3.37. The Morgan fingerprint density at radius 3 is 2.65 bits per heavy atom. The minimum absolute atomic E-state index is 0.00614. The second-order valence-corrected chi connectivity index (χ2v) is 6.48. The van der Waals surface area contributed by atoms with Crippen molar-refractivity contribution in [2.24, 2.45) is 0 Å². The van der Waals surface area contributed by atoms with Gasteiger partial charge in [0.1, 0.15) is 5.82 Å². The molecule has 3 nitrogen and oxygen atoms in total. The summed E-state index contributed by atoms with van der Waals surface area (Å²) in [6, 6.07) is 5.08. The first-order valence-corrected chi connectivity index (χ1v) is 7.62. The van der Waals surface area contributed by atoms with Gasteiger partial charge in [-0.15, -0.1) is 11.8 Å². The molecule has 0 aliphatic heterocycles. The fourth-order valence-corrected chi connectivity index (χ4v) is 2.20. The van der Waals surface area contributed by atoms with Crippen molar-refractivity contribution in [2.45, 2.75) is 44.7 Å². The minimum atomic E-state index is -0.324. The van der Waals surface area contributed by atoms with Crippen LogP contribution in [0.25, 0.3) is 0 Å². The summed E-state index contributed by atoms with van der Waals surface area (Å²) >= 11 is 1.16. The van der Waals surface area contributed by atoms with Gasteiger partial charge in [-0.1, -0.05) is 6.07 Å². The molecule has 5 heteroatoms. The summed E-state index contributed by atoms with van der Waals surface area (Å²) in [5.41, 5.74) is 0.881. The fraction of sp³-hybridized carbons (Fsp3) is 0.533. The van der Waals surface area contributed by atoms with Crippen LogP contribution in [0, 0.1) is 5.82 Å². The molecule has 0 bridgehead atoms. The van der Waals surface area contributed by atoms with Gasteiger partial charge in [0.2, 0.25) is 0 Å². The quantitative estimate of drug-likeness (QED) is 0.645. The third-order valence-corrected chi connectivity index (χ3v) is 3.49. The minimum Gasteiger partial charge on any atom is -0.465 e. The molecule has 0 saturated heterocycles. The van der Waals surface area contributed by atoms with Crippen LogP contribution < -0.4 is 5.32 Å². The SMILES string of the molecule is CCOC(=O)CSc1ccc(CNC(C)(C)C)cc1F. The summed E-state index contributed by atoms with van der Waals surface area (Å²) in [4.78, 5) is 11.7. The van der Waals surface area contributed by atoms with E-state index in [2.05, 4.69) is 26.1 Å². The lowest BCUT2D eigenvalue weighted by atomic mass is 10.1. The smallest absolute Gasteiger partial charge is 0.316 e. The van der Waals surface area contributed by atoms with E-state index in [9.17, 15) is 9.18 Å². The highest BCUT2D eigenvalue weighted by molar-refractivity contribution is 8.00. The molecule has 0 radical (unpaired) electrons. The van der Waals surface area contributed by atoms with Crippen molar-refractivity contribution in [3.05, 3.63) is 29.6 Å². The summed E-state index contributed by atoms with van der Waals surface area (Å²) in [5, 5.41) is 3.30. The molecule has 1 N–H and O–H groups in total. The number of hydrogen-bond donors (Lipinski definition) is 1. The van der Waals surface area contributed by atoms with Crippen LogP contribution in [0.3, 0.4) is 0 Å². The third kappa shape index (κ3) is 6.39. The van der Waals surface area contributed by atoms with Gasteiger partial charge in [-0.25, -0.2) is 4.39 Å². The summed E-state index contributed by atoms with van der Waals surface area (Å²) in [6.07, 6.45) is 0. The van der Waals surface area contributed by atoms with Gasteiger partial charge in [0.05, 0.1) is 12.4 Å². The van der Waals surface area contributed by atoms with Gasteiger partial charge in [-0.2, -0.15) is 0 Å². The highest BCUT2D eigenvalue weighted by Gasteiger charge is 2.11. The maximum Gasteiger partial charge on any atom is 0.316 e. The Morgan fingerprint density at radius 1 is 1.40 bits per heavy atom. The zero-order valence-electron chi connectivity index (χ0n) is 12.5. The van der Waals surface area contributed by atoms with Crippen molar-refractivity contribution >= 4 is 17.7 Å². The molecule has 0 heterocycles. The Bertz CT molecular complexity index is 458.